The standard InChI is InChI=1S/C32H47N5O6/c1-19(2)27(31(42)34-18-24-12-14-33-15-13-24)37-29(40)21(5)16-26(38)25(17-23-10-8-7-9-11-23)36-30(41)22(6)35-32(43)28(39)20(3)4/h7-15,19-22,25-28,38-39H,16-18H2,1-6H3,(H,34,42)(H,35,43)(H,36,41)(H,37,40)/t21-,22+,25+,26+,27?,28?/m1/s1. The number of aromatic nitrogens is 1. The average molecular weight is 598 g/mol. The van der Waals surface area contributed by atoms with E-state index in [0.717, 1.165) is 11.1 Å². The normalized spacial score (nSPS) is 15.5. The molecule has 4 amide bonds. The van der Waals surface area contributed by atoms with E-state index in [0.29, 0.717) is 6.54 Å². The van der Waals surface area contributed by atoms with Crippen molar-refractivity contribution in [3.05, 3.63) is 66.0 Å². The molecule has 0 fully saturated rings. The number of rotatable bonds is 16. The number of benzene rings is 1. The number of nitrogens with one attached hydrogen (secondary N) is 4. The maximum atomic E-state index is 13.2. The minimum absolute atomic E-state index is 0.0138. The van der Waals surface area contributed by atoms with Crippen molar-refractivity contribution in [1.82, 2.24) is 26.3 Å². The molecule has 2 rings (SSSR count). The fraction of sp³-hybridized carbons (Fsp3) is 0.531. The van der Waals surface area contributed by atoms with Crippen molar-refractivity contribution in [2.24, 2.45) is 17.8 Å². The smallest absolute Gasteiger partial charge is 0.249 e. The van der Waals surface area contributed by atoms with Crippen molar-refractivity contribution < 1.29 is 29.4 Å². The molecule has 0 saturated heterocycles. The number of nitrogens with zero attached hydrogens (tertiary/aromatic N) is 1. The molecule has 0 spiro atoms. The van der Waals surface area contributed by atoms with Crippen molar-refractivity contribution in [1.29, 1.82) is 0 Å². The third-order valence-electron chi connectivity index (χ3n) is 7.25. The highest BCUT2D eigenvalue weighted by molar-refractivity contribution is 5.89. The number of hydrogen-bond donors (Lipinski definition) is 6. The molecule has 1 aromatic carbocycles. The van der Waals surface area contributed by atoms with Crippen LogP contribution in [0.1, 0.15) is 59.1 Å². The van der Waals surface area contributed by atoms with E-state index < -0.39 is 54.0 Å². The number of pyridine rings is 1. The van der Waals surface area contributed by atoms with Crippen LogP contribution in [0.4, 0.5) is 0 Å². The summed E-state index contributed by atoms with van der Waals surface area (Å²) in [6, 6.07) is 10.3. The Labute approximate surface area is 254 Å². The van der Waals surface area contributed by atoms with Gasteiger partial charge in [0.15, 0.2) is 0 Å². The van der Waals surface area contributed by atoms with E-state index >= 15 is 0 Å². The van der Waals surface area contributed by atoms with Crippen LogP contribution in [0.3, 0.4) is 0 Å². The fourth-order valence-corrected chi connectivity index (χ4v) is 4.39. The van der Waals surface area contributed by atoms with Crippen LogP contribution in [-0.4, -0.2) is 69.2 Å². The summed E-state index contributed by atoms with van der Waals surface area (Å²) < 4.78 is 0. The monoisotopic (exact) mass is 597 g/mol. The van der Waals surface area contributed by atoms with Gasteiger partial charge in [-0.1, -0.05) is 65.0 Å². The highest BCUT2D eigenvalue weighted by Gasteiger charge is 2.31. The van der Waals surface area contributed by atoms with Crippen molar-refractivity contribution in [2.75, 3.05) is 0 Å². The number of hydrogen-bond acceptors (Lipinski definition) is 7. The Hall–Kier alpha value is -3.83. The predicted molar refractivity (Wildman–Crippen MR) is 163 cm³/mol. The van der Waals surface area contributed by atoms with Crippen LogP contribution >= 0.6 is 0 Å². The minimum atomic E-state index is -1.26. The van der Waals surface area contributed by atoms with Crippen molar-refractivity contribution in [2.45, 2.75) is 91.3 Å². The number of carbonyl (C=O) groups excluding carboxylic acids is 4. The molecule has 0 aliphatic rings. The van der Waals surface area contributed by atoms with Gasteiger partial charge in [-0.2, -0.15) is 0 Å². The summed E-state index contributed by atoms with van der Waals surface area (Å²) in [6.45, 7) is 10.5. The zero-order valence-corrected chi connectivity index (χ0v) is 25.9. The molecule has 11 nitrogen and oxygen atoms in total. The van der Waals surface area contributed by atoms with Crippen LogP contribution in [0, 0.1) is 17.8 Å². The lowest BCUT2D eigenvalue weighted by molar-refractivity contribution is -0.135. The molecular weight excluding hydrogens is 550 g/mol. The van der Waals surface area contributed by atoms with E-state index in [1.165, 1.54) is 6.92 Å². The first-order valence-corrected chi connectivity index (χ1v) is 14.8. The number of aliphatic hydroxyl groups excluding tert-OH is 2. The van der Waals surface area contributed by atoms with E-state index in [2.05, 4.69) is 26.3 Å². The summed E-state index contributed by atoms with van der Waals surface area (Å²) in [7, 11) is 0. The molecular formula is C32H47N5O6. The summed E-state index contributed by atoms with van der Waals surface area (Å²) in [5.74, 6) is -3.10. The molecule has 0 aliphatic carbocycles. The van der Waals surface area contributed by atoms with Gasteiger partial charge in [-0.3, -0.25) is 24.2 Å². The molecule has 2 aromatic rings. The van der Waals surface area contributed by atoms with Gasteiger partial charge >= 0.3 is 0 Å². The SMILES string of the molecule is CC(C)C(O)C(=O)N[C@@H](C)C(=O)N[C@@H](Cc1ccccc1)[C@@H](O)C[C@@H](C)C(=O)NC(C(=O)NCc1ccncc1)C(C)C. The Morgan fingerprint density at radius 1 is 0.721 bits per heavy atom. The van der Waals surface area contributed by atoms with Crippen LogP contribution in [0.5, 0.6) is 0 Å². The Morgan fingerprint density at radius 3 is 1.93 bits per heavy atom. The molecule has 6 N–H and O–H groups in total. The summed E-state index contributed by atoms with van der Waals surface area (Å²) in [4.78, 5) is 55.3. The highest BCUT2D eigenvalue weighted by atomic mass is 16.3. The van der Waals surface area contributed by atoms with Gasteiger partial charge in [0.1, 0.15) is 18.2 Å². The number of aliphatic hydroxyl groups is 2. The molecule has 6 atom stereocenters. The fourth-order valence-electron chi connectivity index (χ4n) is 4.39. The minimum Gasteiger partial charge on any atom is -0.391 e. The molecule has 236 valence electrons. The zero-order valence-electron chi connectivity index (χ0n) is 25.9. The van der Waals surface area contributed by atoms with Crippen LogP contribution in [0.2, 0.25) is 0 Å². The molecule has 43 heavy (non-hydrogen) atoms. The lowest BCUT2D eigenvalue weighted by atomic mass is 9.92. The van der Waals surface area contributed by atoms with E-state index in [1.54, 1.807) is 45.3 Å². The Bertz CT molecular complexity index is 1180. The first kappa shape index (κ1) is 35.4. The molecule has 2 unspecified atom stereocenters. The van der Waals surface area contributed by atoms with Gasteiger partial charge in [-0.05, 0) is 54.9 Å². The number of carbonyl (C=O) groups is 4. The van der Waals surface area contributed by atoms with Crippen molar-refractivity contribution in [3.8, 4) is 0 Å². The maximum Gasteiger partial charge on any atom is 0.249 e. The van der Waals surface area contributed by atoms with Crippen LogP contribution in [-0.2, 0) is 32.1 Å². The van der Waals surface area contributed by atoms with Gasteiger partial charge in [0.25, 0.3) is 0 Å². The second kappa shape index (κ2) is 17.3. The molecule has 0 saturated carbocycles. The van der Waals surface area contributed by atoms with E-state index in [9.17, 15) is 29.4 Å². The van der Waals surface area contributed by atoms with Crippen molar-refractivity contribution >= 4 is 23.6 Å². The summed E-state index contributed by atoms with van der Waals surface area (Å²) in [6.07, 6.45) is 1.19. The van der Waals surface area contributed by atoms with E-state index in [-0.39, 0.29) is 30.6 Å². The van der Waals surface area contributed by atoms with Crippen LogP contribution < -0.4 is 21.3 Å². The molecule has 0 radical (unpaired) electrons. The van der Waals surface area contributed by atoms with Crippen LogP contribution in [0.25, 0.3) is 0 Å². The Kier molecular flexibility index (Phi) is 14.3. The van der Waals surface area contributed by atoms with Crippen molar-refractivity contribution in [3.63, 3.8) is 0 Å². The highest BCUT2D eigenvalue weighted by Crippen LogP contribution is 2.15. The molecule has 1 heterocycles. The van der Waals surface area contributed by atoms with Gasteiger partial charge < -0.3 is 31.5 Å². The second-order valence-corrected chi connectivity index (χ2v) is 11.7. The quantitative estimate of drug-likeness (QED) is 0.170. The van der Waals surface area contributed by atoms with Gasteiger partial charge in [0.2, 0.25) is 23.6 Å². The maximum absolute atomic E-state index is 13.2. The van der Waals surface area contributed by atoms with Gasteiger partial charge in [0, 0.05) is 24.9 Å². The predicted octanol–water partition coefficient (Wildman–Crippen LogP) is 1.47. The first-order valence-electron chi connectivity index (χ1n) is 14.8. The third kappa shape index (κ3) is 11.8. The van der Waals surface area contributed by atoms with E-state index in [1.807, 2.05) is 44.2 Å². The largest absolute Gasteiger partial charge is 0.391 e. The molecule has 11 heteroatoms. The summed E-state index contributed by atoms with van der Waals surface area (Å²) in [5, 5.41) is 32.2. The van der Waals surface area contributed by atoms with Crippen LogP contribution in [0.15, 0.2) is 54.9 Å². The average Bonchev–Trinajstić information content (AvgIpc) is 2.98. The Morgan fingerprint density at radius 2 is 1.35 bits per heavy atom. The number of amides is 4. The van der Waals surface area contributed by atoms with Gasteiger partial charge in [-0.25, -0.2) is 0 Å². The summed E-state index contributed by atoms with van der Waals surface area (Å²) in [5.41, 5.74) is 1.74. The summed E-state index contributed by atoms with van der Waals surface area (Å²) >= 11 is 0. The topological polar surface area (TPSA) is 170 Å². The lowest BCUT2D eigenvalue weighted by Crippen LogP contribution is -2.54. The van der Waals surface area contributed by atoms with Gasteiger partial charge in [-0.15, -0.1) is 0 Å². The van der Waals surface area contributed by atoms with Gasteiger partial charge in [0.05, 0.1) is 12.1 Å². The Balaban J connectivity index is 2.06. The molecule has 0 bridgehead atoms. The molecule has 0 aliphatic heterocycles. The second-order valence-electron chi connectivity index (χ2n) is 11.7. The first-order chi connectivity index (χ1) is 20.3. The molecule has 1 aromatic heterocycles. The lowest BCUT2D eigenvalue weighted by Gasteiger charge is -2.29. The third-order valence-corrected chi connectivity index (χ3v) is 7.25. The van der Waals surface area contributed by atoms with E-state index in [4.69, 9.17) is 0 Å². The zero-order chi connectivity index (χ0) is 32.1.